The molecule has 108 valence electrons. The first kappa shape index (κ1) is 14.3. The van der Waals surface area contributed by atoms with Crippen LogP contribution in [0.1, 0.15) is 24.6 Å². The van der Waals surface area contributed by atoms with Crippen molar-refractivity contribution in [2.24, 2.45) is 0 Å². The summed E-state index contributed by atoms with van der Waals surface area (Å²) in [6.07, 6.45) is 0.841. The molecule has 0 spiro atoms. The summed E-state index contributed by atoms with van der Waals surface area (Å²) in [6.45, 7) is 5.95. The van der Waals surface area contributed by atoms with E-state index in [0.717, 1.165) is 6.42 Å². The van der Waals surface area contributed by atoms with Gasteiger partial charge in [-0.2, -0.15) is 5.10 Å². The van der Waals surface area contributed by atoms with Gasteiger partial charge in [-0.15, -0.1) is 0 Å². The van der Waals surface area contributed by atoms with Crippen molar-refractivity contribution in [1.29, 1.82) is 0 Å². The number of nitrogens with zero attached hydrogens (tertiary/aromatic N) is 2. The maximum atomic E-state index is 14.0. The molecule has 1 aromatic heterocycles. The van der Waals surface area contributed by atoms with Crippen molar-refractivity contribution in [3.63, 3.8) is 0 Å². The molecule has 4 nitrogen and oxygen atoms in total. The average Bonchev–Trinajstić information content (AvgIpc) is 2.67. The van der Waals surface area contributed by atoms with Gasteiger partial charge in [0.05, 0.1) is 11.4 Å². The SMILES string of the molecule is CCCn1nc(C)c(N)c1Nc1c(F)ccc(C)c1F. The van der Waals surface area contributed by atoms with Crippen LogP contribution in [0.4, 0.5) is 26.0 Å². The Hall–Kier alpha value is -2.11. The summed E-state index contributed by atoms with van der Waals surface area (Å²) < 4.78 is 29.5. The van der Waals surface area contributed by atoms with E-state index >= 15 is 0 Å². The Kier molecular flexibility index (Phi) is 3.92. The van der Waals surface area contributed by atoms with Crippen molar-refractivity contribution in [3.8, 4) is 0 Å². The summed E-state index contributed by atoms with van der Waals surface area (Å²) in [7, 11) is 0. The molecule has 0 aliphatic carbocycles. The van der Waals surface area contributed by atoms with Crippen molar-refractivity contribution in [1.82, 2.24) is 9.78 Å². The Morgan fingerprint density at radius 3 is 2.65 bits per heavy atom. The molecule has 0 aliphatic heterocycles. The third-order valence-corrected chi connectivity index (χ3v) is 3.14. The first-order valence-electron chi connectivity index (χ1n) is 6.50. The van der Waals surface area contributed by atoms with Crippen LogP contribution in [0.3, 0.4) is 0 Å². The number of rotatable bonds is 4. The molecule has 0 saturated heterocycles. The van der Waals surface area contributed by atoms with Gasteiger partial charge in [0.2, 0.25) is 0 Å². The molecule has 1 aromatic carbocycles. The lowest BCUT2D eigenvalue weighted by molar-refractivity contribution is 0.580. The maximum Gasteiger partial charge on any atom is 0.152 e. The van der Waals surface area contributed by atoms with E-state index in [-0.39, 0.29) is 5.69 Å². The predicted molar refractivity (Wildman–Crippen MR) is 76.0 cm³/mol. The fourth-order valence-electron chi connectivity index (χ4n) is 1.99. The number of hydrogen-bond acceptors (Lipinski definition) is 3. The lowest BCUT2D eigenvalue weighted by atomic mass is 10.2. The second kappa shape index (κ2) is 5.48. The molecule has 1 heterocycles. The van der Waals surface area contributed by atoms with Crippen LogP contribution in [-0.2, 0) is 6.54 Å². The van der Waals surface area contributed by atoms with Crippen LogP contribution in [0.25, 0.3) is 0 Å². The summed E-state index contributed by atoms with van der Waals surface area (Å²) in [4.78, 5) is 0. The minimum absolute atomic E-state index is 0.200. The average molecular weight is 280 g/mol. The predicted octanol–water partition coefficient (Wildman–Crippen LogP) is 3.51. The highest BCUT2D eigenvalue weighted by molar-refractivity contribution is 5.72. The van der Waals surface area contributed by atoms with E-state index in [1.54, 1.807) is 18.5 Å². The summed E-state index contributed by atoms with van der Waals surface area (Å²) >= 11 is 0. The molecule has 0 unspecified atom stereocenters. The van der Waals surface area contributed by atoms with Crippen molar-refractivity contribution < 1.29 is 8.78 Å². The highest BCUT2D eigenvalue weighted by atomic mass is 19.1. The monoisotopic (exact) mass is 280 g/mol. The standard InChI is InChI=1S/C14H18F2N4/c1-4-7-20-14(12(17)9(3)19-20)18-13-10(15)6-5-8(2)11(13)16/h5-6,18H,4,7,17H2,1-3H3. The largest absolute Gasteiger partial charge is 0.394 e. The molecule has 6 heteroatoms. The topological polar surface area (TPSA) is 55.9 Å². The molecule has 0 amide bonds. The normalized spacial score (nSPS) is 10.8. The molecule has 0 aliphatic rings. The van der Waals surface area contributed by atoms with E-state index in [1.807, 2.05) is 6.92 Å². The number of aryl methyl sites for hydroxylation is 3. The van der Waals surface area contributed by atoms with E-state index in [4.69, 9.17) is 5.73 Å². The van der Waals surface area contributed by atoms with Gasteiger partial charge in [0.25, 0.3) is 0 Å². The van der Waals surface area contributed by atoms with Crippen LogP contribution >= 0.6 is 0 Å². The molecule has 2 aromatic rings. The number of nitrogens with one attached hydrogen (secondary N) is 1. The van der Waals surface area contributed by atoms with Gasteiger partial charge < -0.3 is 11.1 Å². The van der Waals surface area contributed by atoms with Gasteiger partial charge in [-0.25, -0.2) is 13.5 Å². The Morgan fingerprint density at radius 1 is 1.30 bits per heavy atom. The van der Waals surface area contributed by atoms with Crippen molar-refractivity contribution in [2.75, 3.05) is 11.1 Å². The minimum atomic E-state index is -0.658. The molecule has 0 saturated carbocycles. The molecule has 3 N–H and O–H groups in total. The first-order chi connectivity index (χ1) is 9.45. The van der Waals surface area contributed by atoms with Gasteiger partial charge in [-0.1, -0.05) is 13.0 Å². The second-order valence-corrected chi connectivity index (χ2v) is 4.75. The van der Waals surface area contributed by atoms with Gasteiger partial charge in [0.1, 0.15) is 11.5 Å². The zero-order chi connectivity index (χ0) is 14.9. The van der Waals surface area contributed by atoms with E-state index in [1.165, 1.54) is 12.1 Å². The zero-order valence-corrected chi connectivity index (χ0v) is 11.8. The van der Waals surface area contributed by atoms with Gasteiger partial charge in [-0.3, -0.25) is 0 Å². The fourth-order valence-corrected chi connectivity index (χ4v) is 1.99. The molecule has 0 bridgehead atoms. The number of nitrogens with two attached hydrogens (primary N) is 1. The number of hydrogen-bond donors (Lipinski definition) is 2. The highest BCUT2D eigenvalue weighted by Crippen LogP contribution is 2.30. The summed E-state index contributed by atoms with van der Waals surface area (Å²) in [6, 6.07) is 2.62. The summed E-state index contributed by atoms with van der Waals surface area (Å²) in [5.74, 6) is -0.853. The molecule has 20 heavy (non-hydrogen) atoms. The van der Waals surface area contributed by atoms with Crippen LogP contribution in [0.5, 0.6) is 0 Å². The summed E-state index contributed by atoms with van der Waals surface area (Å²) in [5, 5.41) is 7.01. The van der Waals surface area contributed by atoms with Gasteiger partial charge in [-0.05, 0) is 31.9 Å². The minimum Gasteiger partial charge on any atom is -0.394 e. The van der Waals surface area contributed by atoms with Gasteiger partial charge in [0, 0.05) is 6.54 Å². The first-order valence-corrected chi connectivity index (χ1v) is 6.50. The number of anilines is 3. The lowest BCUT2D eigenvalue weighted by Gasteiger charge is -2.12. The van der Waals surface area contributed by atoms with Gasteiger partial charge >= 0.3 is 0 Å². The van der Waals surface area contributed by atoms with Gasteiger partial charge in [0.15, 0.2) is 11.6 Å². The van der Waals surface area contributed by atoms with Crippen LogP contribution in [0.15, 0.2) is 12.1 Å². The molecule has 0 fully saturated rings. The van der Waals surface area contributed by atoms with E-state index in [9.17, 15) is 8.78 Å². The highest BCUT2D eigenvalue weighted by Gasteiger charge is 2.17. The fraction of sp³-hybridized carbons (Fsp3) is 0.357. The number of halogens is 2. The lowest BCUT2D eigenvalue weighted by Crippen LogP contribution is -2.08. The van der Waals surface area contributed by atoms with Crippen LogP contribution in [0.2, 0.25) is 0 Å². The molecule has 0 radical (unpaired) electrons. The molecule has 0 atom stereocenters. The number of aromatic nitrogens is 2. The van der Waals surface area contributed by atoms with Crippen LogP contribution in [-0.4, -0.2) is 9.78 Å². The zero-order valence-electron chi connectivity index (χ0n) is 11.8. The van der Waals surface area contributed by atoms with Crippen molar-refractivity contribution in [2.45, 2.75) is 33.7 Å². The Bertz CT molecular complexity index is 635. The van der Waals surface area contributed by atoms with E-state index in [0.29, 0.717) is 29.3 Å². The molecule has 2 rings (SSSR count). The van der Waals surface area contributed by atoms with Crippen molar-refractivity contribution >= 4 is 17.2 Å². The number of benzene rings is 1. The van der Waals surface area contributed by atoms with E-state index in [2.05, 4.69) is 10.4 Å². The third-order valence-electron chi connectivity index (χ3n) is 3.14. The quantitative estimate of drug-likeness (QED) is 0.901. The second-order valence-electron chi connectivity index (χ2n) is 4.75. The number of nitrogen functional groups attached to an aromatic ring is 1. The van der Waals surface area contributed by atoms with E-state index < -0.39 is 11.6 Å². The molecular weight excluding hydrogens is 262 g/mol. The smallest absolute Gasteiger partial charge is 0.152 e. The third kappa shape index (κ3) is 2.45. The Balaban J connectivity index is 2.47. The Morgan fingerprint density at radius 2 is 2.00 bits per heavy atom. The Labute approximate surface area is 116 Å². The van der Waals surface area contributed by atoms with Crippen LogP contribution < -0.4 is 11.1 Å². The maximum absolute atomic E-state index is 14.0. The summed E-state index contributed by atoms with van der Waals surface area (Å²) in [5.41, 5.74) is 7.13. The van der Waals surface area contributed by atoms with Crippen LogP contribution in [0, 0.1) is 25.5 Å². The van der Waals surface area contributed by atoms with Crippen molar-refractivity contribution in [3.05, 3.63) is 35.0 Å². The molecular formula is C14H18F2N4.